The summed E-state index contributed by atoms with van der Waals surface area (Å²) in [5.74, 6) is -3.06. The summed E-state index contributed by atoms with van der Waals surface area (Å²) in [7, 11) is 0. The number of hydrogen-bond donors (Lipinski definition) is 5. The molecule has 0 radical (unpaired) electrons. The van der Waals surface area contributed by atoms with Crippen LogP contribution in [0.15, 0.2) is 36.4 Å². The van der Waals surface area contributed by atoms with Gasteiger partial charge in [0.2, 0.25) is 17.7 Å². The zero-order valence-corrected chi connectivity index (χ0v) is 27.9. The summed E-state index contributed by atoms with van der Waals surface area (Å²) in [6.45, 7) is 9.76. The quantitative estimate of drug-likeness (QED) is 0.109. The molecule has 1 aliphatic rings. The number of imide groups is 1. The number of urea groups is 1. The van der Waals surface area contributed by atoms with Gasteiger partial charge in [-0.05, 0) is 36.5 Å². The van der Waals surface area contributed by atoms with Crippen LogP contribution >= 0.6 is 0 Å². The number of amides is 7. The first-order chi connectivity index (χ1) is 22.1. The van der Waals surface area contributed by atoms with E-state index in [-0.39, 0.29) is 63.2 Å². The minimum atomic E-state index is -0.852. The zero-order chi connectivity index (χ0) is 35.1. The maximum atomic E-state index is 13.4. The number of ketones is 1. The molecule has 2 atom stereocenters. The van der Waals surface area contributed by atoms with Crippen LogP contribution in [-0.4, -0.2) is 78.6 Å². The number of benzene rings is 1. The van der Waals surface area contributed by atoms with E-state index in [1.807, 2.05) is 20.8 Å². The van der Waals surface area contributed by atoms with Gasteiger partial charge in [0.05, 0.1) is 25.8 Å². The molecule has 258 valence electrons. The summed E-state index contributed by atoms with van der Waals surface area (Å²) in [6, 6.07) is 5.44. The number of hydrogen-bond acceptors (Lipinski definition) is 8. The molecule has 2 rings (SSSR count). The predicted molar refractivity (Wildman–Crippen MR) is 174 cm³/mol. The Hall–Kier alpha value is -4.59. The Morgan fingerprint density at radius 3 is 2.15 bits per heavy atom. The summed E-state index contributed by atoms with van der Waals surface area (Å²) in [5.41, 5.74) is 5.99. The summed E-state index contributed by atoms with van der Waals surface area (Å²) in [6.07, 6.45) is 2.84. The molecule has 1 aromatic rings. The largest absolute Gasteiger partial charge is 0.379 e. The Morgan fingerprint density at radius 2 is 1.57 bits per heavy atom. The molecule has 0 saturated heterocycles. The van der Waals surface area contributed by atoms with Gasteiger partial charge in [-0.2, -0.15) is 0 Å². The second-order valence-corrected chi connectivity index (χ2v) is 12.7. The third-order valence-electron chi connectivity index (χ3n) is 7.37. The van der Waals surface area contributed by atoms with Crippen molar-refractivity contribution in [1.82, 2.24) is 20.9 Å². The molecule has 0 bridgehead atoms. The van der Waals surface area contributed by atoms with Crippen LogP contribution in [0, 0.1) is 17.3 Å². The van der Waals surface area contributed by atoms with Crippen molar-refractivity contribution in [2.24, 2.45) is 23.0 Å². The van der Waals surface area contributed by atoms with Gasteiger partial charge in [0.25, 0.3) is 11.8 Å². The van der Waals surface area contributed by atoms with Crippen LogP contribution in [0.4, 0.5) is 10.5 Å². The Labute approximate surface area is 275 Å². The van der Waals surface area contributed by atoms with Crippen LogP contribution in [-0.2, 0) is 40.0 Å². The lowest BCUT2D eigenvalue weighted by Gasteiger charge is -2.24. The smallest absolute Gasteiger partial charge is 0.312 e. The van der Waals surface area contributed by atoms with E-state index in [2.05, 4.69) is 21.3 Å². The van der Waals surface area contributed by atoms with E-state index in [1.165, 1.54) is 12.2 Å². The van der Waals surface area contributed by atoms with Crippen LogP contribution in [0.1, 0.15) is 65.9 Å². The standard InChI is InChI=1S/C33H48N6O8/c1-21(2)29(38-26(41)14-17-47-18-16-39-27(42)12-13-28(39)43)25(40)19-23(7-6-15-35-32(34)46)30(44)37-24-10-8-22(9-11-24)20-36-31(45)33(3,4)5/h8-13,21,23,29H,6-7,14-20H2,1-5H3,(H,36,45)(H,37,44)(H,38,41)(H3,34,35,46)/t23-,29+/m1/s1. The predicted octanol–water partition coefficient (Wildman–Crippen LogP) is 1.78. The molecule has 47 heavy (non-hydrogen) atoms. The lowest BCUT2D eigenvalue weighted by molar-refractivity contribution is -0.138. The molecule has 0 aromatic heterocycles. The summed E-state index contributed by atoms with van der Waals surface area (Å²) < 4.78 is 5.40. The Morgan fingerprint density at radius 1 is 0.936 bits per heavy atom. The number of nitrogens with zero attached hydrogens (tertiary/aromatic N) is 1. The first-order valence-corrected chi connectivity index (χ1v) is 15.7. The van der Waals surface area contributed by atoms with Crippen molar-refractivity contribution < 1.29 is 38.3 Å². The van der Waals surface area contributed by atoms with Gasteiger partial charge in [-0.15, -0.1) is 0 Å². The molecule has 1 heterocycles. The molecule has 0 unspecified atom stereocenters. The SMILES string of the molecule is CC(C)[C@H](NC(=O)CCOCCN1C(=O)C=CC1=O)C(=O)C[C@@H](CCCNC(N)=O)C(=O)Nc1ccc(CNC(=O)C(C)(C)C)cc1. The first-order valence-electron chi connectivity index (χ1n) is 15.7. The first kappa shape index (κ1) is 38.6. The van der Waals surface area contributed by atoms with Gasteiger partial charge < -0.3 is 31.7 Å². The fourth-order valence-corrected chi connectivity index (χ4v) is 4.59. The van der Waals surface area contributed by atoms with Crippen LogP contribution in [0.3, 0.4) is 0 Å². The summed E-state index contributed by atoms with van der Waals surface area (Å²) in [5, 5.41) is 10.9. The molecule has 0 aliphatic carbocycles. The van der Waals surface area contributed by atoms with Gasteiger partial charge >= 0.3 is 6.03 Å². The molecular formula is C33H48N6O8. The van der Waals surface area contributed by atoms with Crippen molar-refractivity contribution in [3.05, 3.63) is 42.0 Å². The van der Waals surface area contributed by atoms with Crippen molar-refractivity contribution in [2.45, 2.75) is 72.9 Å². The van der Waals surface area contributed by atoms with Gasteiger partial charge in [0.15, 0.2) is 5.78 Å². The fourth-order valence-electron chi connectivity index (χ4n) is 4.59. The van der Waals surface area contributed by atoms with Gasteiger partial charge in [-0.1, -0.05) is 46.8 Å². The third kappa shape index (κ3) is 13.7. The van der Waals surface area contributed by atoms with Gasteiger partial charge in [0.1, 0.15) is 0 Å². The van der Waals surface area contributed by atoms with Crippen molar-refractivity contribution in [3.63, 3.8) is 0 Å². The van der Waals surface area contributed by atoms with E-state index in [0.29, 0.717) is 18.7 Å². The topological polar surface area (TPSA) is 206 Å². The van der Waals surface area contributed by atoms with Crippen molar-refractivity contribution in [2.75, 3.05) is 31.6 Å². The second kappa shape index (κ2) is 18.5. The molecule has 14 nitrogen and oxygen atoms in total. The lowest BCUT2D eigenvalue weighted by Crippen LogP contribution is -2.46. The highest BCUT2D eigenvalue weighted by molar-refractivity contribution is 6.12. The van der Waals surface area contributed by atoms with E-state index < -0.39 is 47.0 Å². The molecule has 1 aromatic carbocycles. The van der Waals surface area contributed by atoms with E-state index in [1.54, 1.807) is 38.1 Å². The molecule has 0 spiro atoms. The second-order valence-electron chi connectivity index (χ2n) is 12.7. The van der Waals surface area contributed by atoms with Gasteiger partial charge in [-0.3, -0.25) is 33.7 Å². The minimum Gasteiger partial charge on any atom is -0.379 e. The maximum absolute atomic E-state index is 13.4. The van der Waals surface area contributed by atoms with Crippen LogP contribution in [0.2, 0.25) is 0 Å². The van der Waals surface area contributed by atoms with E-state index >= 15 is 0 Å². The minimum absolute atomic E-state index is 0.0220. The molecule has 0 fully saturated rings. The number of Topliss-reactive ketones (excluding diaryl/α,β-unsaturated/α-hetero) is 1. The van der Waals surface area contributed by atoms with Crippen LogP contribution in [0.25, 0.3) is 0 Å². The number of carbonyl (C=O) groups is 7. The van der Waals surface area contributed by atoms with Gasteiger partial charge in [0, 0.05) is 55.1 Å². The molecule has 0 saturated carbocycles. The van der Waals surface area contributed by atoms with Gasteiger partial charge in [-0.25, -0.2) is 4.79 Å². The highest BCUT2D eigenvalue weighted by Gasteiger charge is 2.30. The molecule has 6 N–H and O–H groups in total. The average molecular weight is 657 g/mol. The average Bonchev–Trinajstić information content (AvgIpc) is 3.32. The van der Waals surface area contributed by atoms with Crippen molar-refractivity contribution >= 4 is 47.0 Å². The molecular weight excluding hydrogens is 608 g/mol. The molecule has 14 heteroatoms. The Balaban J connectivity index is 1.95. The van der Waals surface area contributed by atoms with Crippen LogP contribution in [0.5, 0.6) is 0 Å². The van der Waals surface area contributed by atoms with Crippen molar-refractivity contribution in [3.8, 4) is 0 Å². The van der Waals surface area contributed by atoms with Crippen molar-refractivity contribution in [1.29, 1.82) is 0 Å². The molecule has 7 amide bonds. The number of ether oxygens (including phenoxy) is 1. The number of nitrogens with two attached hydrogens (primary N) is 1. The maximum Gasteiger partial charge on any atom is 0.312 e. The molecule has 1 aliphatic heterocycles. The number of primary amides is 1. The number of nitrogens with one attached hydrogen (secondary N) is 4. The monoisotopic (exact) mass is 656 g/mol. The Bertz CT molecular complexity index is 1300. The fraction of sp³-hybridized carbons (Fsp3) is 0.545. The number of anilines is 1. The van der Waals surface area contributed by atoms with E-state index in [0.717, 1.165) is 10.5 Å². The normalized spacial score (nSPS) is 14.1. The summed E-state index contributed by atoms with van der Waals surface area (Å²) >= 11 is 0. The summed E-state index contributed by atoms with van der Waals surface area (Å²) in [4.78, 5) is 86.9. The number of carbonyl (C=O) groups excluding carboxylic acids is 7. The lowest BCUT2D eigenvalue weighted by atomic mass is 9.89. The highest BCUT2D eigenvalue weighted by atomic mass is 16.5. The third-order valence-corrected chi connectivity index (χ3v) is 7.37. The highest BCUT2D eigenvalue weighted by Crippen LogP contribution is 2.20. The number of rotatable bonds is 19. The van der Waals surface area contributed by atoms with Crippen LogP contribution < -0.4 is 27.0 Å². The zero-order valence-electron chi connectivity index (χ0n) is 27.9. The van der Waals surface area contributed by atoms with E-state index in [9.17, 15) is 33.6 Å². The van der Waals surface area contributed by atoms with E-state index in [4.69, 9.17) is 10.5 Å². The Kier molecular flexibility index (Phi) is 15.2.